The fourth-order valence-corrected chi connectivity index (χ4v) is 2.31. The molecule has 0 aliphatic carbocycles. The Balaban J connectivity index is 1.80. The van der Waals surface area contributed by atoms with Crippen LogP contribution in [0, 0.1) is 13.8 Å². The van der Waals surface area contributed by atoms with E-state index in [1.54, 1.807) is 12.1 Å². The van der Waals surface area contributed by atoms with Crippen LogP contribution >= 0.6 is 0 Å². The molecule has 2 aromatic carbocycles. The number of benzene rings is 2. The molecule has 0 unspecified atom stereocenters. The second-order valence-electron chi connectivity index (χ2n) is 5.66. The van der Waals surface area contributed by atoms with Crippen molar-refractivity contribution in [2.75, 3.05) is 6.61 Å². The molecule has 5 heteroatoms. The van der Waals surface area contributed by atoms with E-state index in [2.05, 4.69) is 17.8 Å². The predicted molar refractivity (Wildman–Crippen MR) is 92.8 cm³/mol. The Morgan fingerprint density at radius 1 is 0.958 bits per heavy atom. The van der Waals surface area contributed by atoms with E-state index >= 15 is 0 Å². The number of hydrogen-bond donors (Lipinski definition) is 2. The standard InChI is InChI=1S/C19H22N2O3/c1-4-15-5-7-17(8-6-15)24-12-18(22)20-21-19(23)16-10-13(2)9-14(3)11-16/h5-11H,4,12H2,1-3H3,(H,20,22)(H,21,23). The maximum Gasteiger partial charge on any atom is 0.276 e. The number of aryl methyl sites for hydroxylation is 3. The molecular formula is C19H22N2O3. The molecule has 2 N–H and O–H groups in total. The molecule has 0 heterocycles. The number of amides is 2. The Morgan fingerprint density at radius 2 is 1.58 bits per heavy atom. The van der Waals surface area contributed by atoms with Gasteiger partial charge in [-0.1, -0.05) is 36.2 Å². The monoisotopic (exact) mass is 326 g/mol. The van der Waals surface area contributed by atoms with E-state index in [9.17, 15) is 9.59 Å². The van der Waals surface area contributed by atoms with Gasteiger partial charge in [0, 0.05) is 5.56 Å². The van der Waals surface area contributed by atoms with Crippen LogP contribution in [-0.2, 0) is 11.2 Å². The summed E-state index contributed by atoms with van der Waals surface area (Å²) in [4.78, 5) is 23.8. The van der Waals surface area contributed by atoms with Crippen LogP contribution in [0.1, 0.15) is 34.0 Å². The van der Waals surface area contributed by atoms with E-state index in [-0.39, 0.29) is 12.5 Å². The number of rotatable bonds is 5. The molecule has 24 heavy (non-hydrogen) atoms. The molecule has 2 amide bonds. The predicted octanol–water partition coefficient (Wildman–Crippen LogP) is 2.71. The van der Waals surface area contributed by atoms with Crippen LogP contribution in [0.2, 0.25) is 0 Å². The van der Waals surface area contributed by atoms with Gasteiger partial charge >= 0.3 is 0 Å². The average Bonchev–Trinajstić information content (AvgIpc) is 2.57. The Bertz CT molecular complexity index is 704. The van der Waals surface area contributed by atoms with Crippen LogP contribution in [0.5, 0.6) is 5.75 Å². The van der Waals surface area contributed by atoms with Crippen molar-refractivity contribution in [2.24, 2.45) is 0 Å². The fraction of sp³-hybridized carbons (Fsp3) is 0.263. The third kappa shape index (κ3) is 5.12. The highest BCUT2D eigenvalue weighted by Crippen LogP contribution is 2.12. The van der Waals surface area contributed by atoms with Gasteiger partial charge in [-0.3, -0.25) is 20.4 Å². The van der Waals surface area contributed by atoms with E-state index < -0.39 is 5.91 Å². The van der Waals surface area contributed by atoms with Crippen molar-refractivity contribution in [3.05, 3.63) is 64.7 Å². The minimum Gasteiger partial charge on any atom is -0.484 e. The normalized spacial score (nSPS) is 10.1. The second-order valence-corrected chi connectivity index (χ2v) is 5.66. The van der Waals surface area contributed by atoms with Crippen LogP contribution in [-0.4, -0.2) is 18.4 Å². The third-order valence-electron chi connectivity index (χ3n) is 3.50. The maximum absolute atomic E-state index is 12.0. The number of carbonyl (C=O) groups excluding carboxylic acids is 2. The van der Waals surface area contributed by atoms with Crippen LogP contribution < -0.4 is 15.6 Å². The van der Waals surface area contributed by atoms with E-state index in [0.717, 1.165) is 17.5 Å². The van der Waals surface area contributed by atoms with Crippen LogP contribution in [0.4, 0.5) is 0 Å². The Morgan fingerprint density at radius 3 is 2.17 bits per heavy atom. The first kappa shape index (κ1) is 17.5. The summed E-state index contributed by atoms with van der Waals surface area (Å²) >= 11 is 0. The summed E-state index contributed by atoms with van der Waals surface area (Å²) in [5, 5.41) is 0. The molecule has 126 valence electrons. The van der Waals surface area contributed by atoms with Gasteiger partial charge in [0.25, 0.3) is 11.8 Å². The first-order valence-corrected chi connectivity index (χ1v) is 7.87. The molecule has 0 saturated heterocycles. The molecule has 0 aliphatic rings. The fourth-order valence-electron chi connectivity index (χ4n) is 2.31. The quantitative estimate of drug-likeness (QED) is 0.830. The minimum absolute atomic E-state index is 0.168. The van der Waals surface area contributed by atoms with Gasteiger partial charge in [0.2, 0.25) is 0 Å². The van der Waals surface area contributed by atoms with Crippen molar-refractivity contribution in [2.45, 2.75) is 27.2 Å². The van der Waals surface area contributed by atoms with Gasteiger partial charge in [0.15, 0.2) is 6.61 Å². The van der Waals surface area contributed by atoms with E-state index in [0.29, 0.717) is 11.3 Å². The van der Waals surface area contributed by atoms with Gasteiger partial charge in [-0.25, -0.2) is 0 Å². The van der Waals surface area contributed by atoms with Crippen molar-refractivity contribution < 1.29 is 14.3 Å². The van der Waals surface area contributed by atoms with Crippen LogP contribution in [0.3, 0.4) is 0 Å². The molecule has 0 saturated carbocycles. The molecule has 0 radical (unpaired) electrons. The summed E-state index contributed by atoms with van der Waals surface area (Å²) in [6, 6.07) is 13.1. The first-order valence-electron chi connectivity index (χ1n) is 7.87. The van der Waals surface area contributed by atoms with Crippen molar-refractivity contribution >= 4 is 11.8 Å². The lowest BCUT2D eigenvalue weighted by Gasteiger charge is -2.10. The highest BCUT2D eigenvalue weighted by molar-refractivity contribution is 5.95. The lowest BCUT2D eigenvalue weighted by Crippen LogP contribution is -2.43. The molecular weight excluding hydrogens is 304 g/mol. The zero-order valence-corrected chi connectivity index (χ0v) is 14.2. The zero-order chi connectivity index (χ0) is 17.5. The number of hydrogen-bond acceptors (Lipinski definition) is 3. The highest BCUT2D eigenvalue weighted by Gasteiger charge is 2.09. The molecule has 0 spiro atoms. The van der Waals surface area contributed by atoms with Gasteiger partial charge in [-0.05, 0) is 50.1 Å². The van der Waals surface area contributed by atoms with Crippen molar-refractivity contribution in [1.29, 1.82) is 0 Å². The van der Waals surface area contributed by atoms with Gasteiger partial charge in [0.05, 0.1) is 0 Å². The average molecular weight is 326 g/mol. The third-order valence-corrected chi connectivity index (χ3v) is 3.50. The number of ether oxygens (including phenoxy) is 1. The summed E-state index contributed by atoms with van der Waals surface area (Å²) in [6.45, 7) is 5.74. The van der Waals surface area contributed by atoms with Gasteiger partial charge in [-0.2, -0.15) is 0 Å². The second kappa shape index (κ2) is 8.15. The number of hydrazine groups is 1. The smallest absolute Gasteiger partial charge is 0.276 e. The molecule has 0 bridgehead atoms. The lowest BCUT2D eigenvalue weighted by atomic mass is 10.1. The van der Waals surface area contributed by atoms with Crippen LogP contribution in [0.15, 0.2) is 42.5 Å². The summed E-state index contributed by atoms with van der Waals surface area (Å²) in [5.74, 6) is -0.169. The summed E-state index contributed by atoms with van der Waals surface area (Å²) in [5.41, 5.74) is 8.43. The molecule has 0 fully saturated rings. The first-order chi connectivity index (χ1) is 11.5. The number of nitrogens with one attached hydrogen (secondary N) is 2. The van der Waals surface area contributed by atoms with Crippen molar-refractivity contribution in [3.63, 3.8) is 0 Å². The SMILES string of the molecule is CCc1ccc(OCC(=O)NNC(=O)c2cc(C)cc(C)c2)cc1. The van der Waals surface area contributed by atoms with Crippen LogP contribution in [0.25, 0.3) is 0 Å². The van der Waals surface area contributed by atoms with Gasteiger partial charge in [-0.15, -0.1) is 0 Å². The largest absolute Gasteiger partial charge is 0.484 e. The molecule has 2 aromatic rings. The Hall–Kier alpha value is -2.82. The molecule has 2 rings (SSSR count). The highest BCUT2D eigenvalue weighted by atomic mass is 16.5. The summed E-state index contributed by atoms with van der Waals surface area (Å²) in [7, 11) is 0. The molecule has 0 aliphatic heterocycles. The van der Waals surface area contributed by atoms with E-state index in [4.69, 9.17) is 4.74 Å². The number of carbonyl (C=O) groups is 2. The zero-order valence-electron chi connectivity index (χ0n) is 14.2. The molecule has 5 nitrogen and oxygen atoms in total. The summed E-state index contributed by atoms with van der Waals surface area (Å²) < 4.78 is 5.38. The van der Waals surface area contributed by atoms with Crippen molar-refractivity contribution in [1.82, 2.24) is 10.9 Å². The summed E-state index contributed by atoms with van der Waals surface area (Å²) in [6.07, 6.45) is 0.950. The maximum atomic E-state index is 12.0. The minimum atomic E-state index is -0.424. The van der Waals surface area contributed by atoms with Gasteiger partial charge < -0.3 is 4.74 Å². The van der Waals surface area contributed by atoms with Gasteiger partial charge in [0.1, 0.15) is 5.75 Å². The molecule has 0 atom stereocenters. The Labute approximate surface area is 142 Å². The van der Waals surface area contributed by atoms with Crippen molar-refractivity contribution in [3.8, 4) is 5.75 Å². The lowest BCUT2D eigenvalue weighted by molar-refractivity contribution is -0.123. The van der Waals surface area contributed by atoms with E-state index in [1.165, 1.54) is 5.56 Å². The van der Waals surface area contributed by atoms with E-state index in [1.807, 2.05) is 44.2 Å². The molecule has 0 aromatic heterocycles. The Kier molecular flexibility index (Phi) is 5.95. The topological polar surface area (TPSA) is 67.4 Å².